The summed E-state index contributed by atoms with van der Waals surface area (Å²) in [4.78, 5) is 28.0. The number of carbonyl (C=O) groups excluding carboxylic acids is 2. The van der Waals surface area contributed by atoms with Crippen molar-refractivity contribution in [2.24, 2.45) is 0 Å². The third-order valence-corrected chi connectivity index (χ3v) is 3.78. The van der Waals surface area contributed by atoms with Gasteiger partial charge >= 0.3 is 11.8 Å². The summed E-state index contributed by atoms with van der Waals surface area (Å²) in [5.74, 6) is -0.140. The molecule has 0 fully saturated rings. The lowest BCUT2D eigenvalue weighted by molar-refractivity contribution is -0.139. The average molecular weight is 394 g/mol. The summed E-state index contributed by atoms with van der Waals surface area (Å²) < 4.78 is 10.4. The van der Waals surface area contributed by atoms with Crippen LogP contribution in [0, 0.1) is 6.92 Å². The van der Waals surface area contributed by atoms with Gasteiger partial charge in [-0.1, -0.05) is 6.07 Å². The quantitative estimate of drug-likeness (QED) is 0.700. The molecule has 27 heavy (non-hydrogen) atoms. The van der Waals surface area contributed by atoms with Gasteiger partial charge in [-0.3, -0.25) is 14.6 Å². The van der Waals surface area contributed by atoms with Crippen molar-refractivity contribution in [3.63, 3.8) is 0 Å². The van der Waals surface area contributed by atoms with Gasteiger partial charge in [-0.25, -0.2) is 0 Å². The van der Waals surface area contributed by atoms with Gasteiger partial charge in [0, 0.05) is 43.0 Å². The Labute approximate surface area is 164 Å². The van der Waals surface area contributed by atoms with Crippen molar-refractivity contribution in [2.45, 2.75) is 19.9 Å². The Bertz CT molecular complexity index is 766. The Balaban J connectivity index is 0.00000364. The van der Waals surface area contributed by atoms with Crippen LogP contribution in [0.4, 0.5) is 0 Å². The first-order chi connectivity index (χ1) is 12.5. The summed E-state index contributed by atoms with van der Waals surface area (Å²) in [5.41, 5.74) is 2.68. The van der Waals surface area contributed by atoms with E-state index < -0.39 is 11.8 Å². The molecular formula is C19H24ClN3O4. The molecule has 1 heterocycles. The fraction of sp³-hybridized carbons (Fsp3) is 0.316. The maximum Gasteiger partial charge on any atom is 0.309 e. The number of aromatic nitrogens is 1. The van der Waals surface area contributed by atoms with E-state index in [2.05, 4.69) is 15.6 Å². The summed E-state index contributed by atoms with van der Waals surface area (Å²) in [6.07, 6.45) is 2.33. The highest BCUT2D eigenvalue weighted by molar-refractivity contribution is 6.35. The molecule has 7 nitrogen and oxygen atoms in total. The zero-order chi connectivity index (χ0) is 18.9. The molecular weight excluding hydrogens is 370 g/mol. The van der Waals surface area contributed by atoms with Crippen LogP contribution in [0.3, 0.4) is 0 Å². The zero-order valence-electron chi connectivity index (χ0n) is 15.6. The number of benzene rings is 1. The van der Waals surface area contributed by atoms with Crippen molar-refractivity contribution in [3.05, 3.63) is 53.3 Å². The molecule has 0 saturated carbocycles. The van der Waals surface area contributed by atoms with Crippen LogP contribution in [0.1, 0.15) is 16.8 Å². The van der Waals surface area contributed by atoms with Crippen molar-refractivity contribution >= 4 is 24.2 Å². The maximum atomic E-state index is 11.9. The third kappa shape index (κ3) is 6.79. The van der Waals surface area contributed by atoms with Crippen LogP contribution in [-0.4, -0.2) is 37.6 Å². The number of rotatable bonds is 7. The van der Waals surface area contributed by atoms with Crippen molar-refractivity contribution in [3.8, 4) is 11.5 Å². The number of nitrogens with one attached hydrogen (secondary N) is 2. The Morgan fingerprint density at radius 1 is 1.04 bits per heavy atom. The minimum Gasteiger partial charge on any atom is -0.497 e. The number of methoxy groups -OCH3 is 2. The molecule has 0 saturated heterocycles. The molecule has 0 bridgehead atoms. The highest BCUT2D eigenvalue weighted by Crippen LogP contribution is 2.24. The fourth-order valence-corrected chi connectivity index (χ4v) is 2.28. The summed E-state index contributed by atoms with van der Waals surface area (Å²) in [6.45, 7) is 2.48. The average Bonchev–Trinajstić information content (AvgIpc) is 2.67. The van der Waals surface area contributed by atoms with E-state index in [1.165, 1.54) is 7.11 Å². The van der Waals surface area contributed by atoms with E-state index in [1.807, 2.05) is 19.1 Å². The topological polar surface area (TPSA) is 89.5 Å². The first-order valence-corrected chi connectivity index (χ1v) is 8.22. The van der Waals surface area contributed by atoms with Crippen LogP contribution in [0.25, 0.3) is 0 Å². The normalized spacial score (nSPS) is 9.74. The van der Waals surface area contributed by atoms with Crippen molar-refractivity contribution in [1.29, 1.82) is 0 Å². The molecule has 0 spiro atoms. The summed E-state index contributed by atoms with van der Waals surface area (Å²) in [5, 5.41) is 5.17. The van der Waals surface area contributed by atoms with Crippen molar-refractivity contribution in [2.75, 3.05) is 20.8 Å². The molecule has 2 N–H and O–H groups in total. The van der Waals surface area contributed by atoms with Crippen molar-refractivity contribution < 1.29 is 19.1 Å². The van der Waals surface area contributed by atoms with E-state index >= 15 is 0 Å². The molecule has 0 aliphatic rings. The minimum absolute atomic E-state index is 0. The van der Waals surface area contributed by atoms with E-state index in [-0.39, 0.29) is 19.0 Å². The van der Waals surface area contributed by atoms with E-state index in [0.717, 1.165) is 16.8 Å². The van der Waals surface area contributed by atoms with Crippen LogP contribution in [0.15, 0.2) is 36.5 Å². The number of hydrogen-bond acceptors (Lipinski definition) is 5. The van der Waals surface area contributed by atoms with Gasteiger partial charge in [-0.05, 0) is 30.7 Å². The summed E-state index contributed by atoms with van der Waals surface area (Å²) >= 11 is 0. The van der Waals surface area contributed by atoms with Gasteiger partial charge in [-0.2, -0.15) is 0 Å². The maximum absolute atomic E-state index is 11.9. The lowest BCUT2D eigenvalue weighted by Gasteiger charge is -2.11. The summed E-state index contributed by atoms with van der Waals surface area (Å²) in [6, 6.07) is 9.12. The number of halogens is 1. The Kier molecular flexibility index (Phi) is 9.08. The highest BCUT2D eigenvalue weighted by atomic mass is 35.5. The standard InChI is InChI=1S/C19H23N3O4.ClH/c1-13-4-6-15(21-11-13)8-9-20-18(23)19(24)22-12-14-5-7-16(25-2)10-17(14)26-3;/h4-7,10-11H,8-9,12H2,1-3H3,(H,20,23)(H,22,24);1H. The SMILES string of the molecule is COc1ccc(CNC(=O)C(=O)NCCc2ccc(C)cn2)c(OC)c1.Cl. The fourth-order valence-electron chi connectivity index (χ4n) is 2.28. The molecule has 2 rings (SSSR count). The molecule has 1 aromatic carbocycles. The Morgan fingerprint density at radius 3 is 2.41 bits per heavy atom. The van der Waals surface area contributed by atoms with Gasteiger partial charge < -0.3 is 20.1 Å². The van der Waals surface area contributed by atoms with Crippen molar-refractivity contribution in [1.82, 2.24) is 15.6 Å². The second-order valence-electron chi connectivity index (χ2n) is 5.69. The Hall–Kier alpha value is -2.80. The predicted octanol–water partition coefficient (Wildman–Crippen LogP) is 1.80. The summed E-state index contributed by atoms with van der Waals surface area (Å²) in [7, 11) is 3.10. The van der Waals surface area contributed by atoms with Gasteiger partial charge in [0.25, 0.3) is 0 Å². The van der Waals surface area contributed by atoms with Crippen LogP contribution in [0.5, 0.6) is 11.5 Å². The van der Waals surface area contributed by atoms with Crippen LogP contribution in [0.2, 0.25) is 0 Å². The predicted molar refractivity (Wildman–Crippen MR) is 104 cm³/mol. The number of carbonyl (C=O) groups is 2. The number of ether oxygens (including phenoxy) is 2. The van der Waals surface area contributed by atoms with Gasteiger partial charge in [0.1, 0.15) is 11.5 Å². The highest BCUT2D eigenvalue weighted by Gasteiger charge is 2.14. The second kappa shape index (κ2) is 11.0. The molecule has 0 atom stereocenters. The lowest BCUT2D eigenvalue weighted by Crippen LogP contribution is -2.40. The molecule has 0 aliphatic heterocycles. The third-order valence-electron chi connectivity index (χ3n) is 3.78. The molecule has 146 valence electrons. The first-order valence-electron chi connectivity index (χ1n) is 8.22. The number of aryl methyl sites for hydroxylation is 1. The lowest BCUT2D eigenvalue weighted by atomic mass is 10.2. The number of nitrogens with zero attached hydrogens (tertiary/aromatic N) is 1. The van der Waals surface area contributed by atoms with Crippen LogP contribution < -0.4 is 20.1 Å². The van der Waals surface area contributed by atoms with E-state index in [4.69, 9.17) is 9.47 Å². The molecule has 1 aromatic heterocycles. The number of hydrogen-bond donors (Lipinski definition) is 2. The zero-order valence-corrected chi connectivity index (χ0v) is 16.4. The van der Waals surface area contributed by atoms with Gasteiger partial charge in [0.15, 0.2) is 0 Å². The number of pyridine rings is 1. The van der Waals surface area contributed by atoms with Gasteiger partial charge in [0.2, 0.25) is 0 Å². The van der Waals surface area contributed by atoms with Crippen LogP contribution >= 0.6 is 12.4 Å². The minimum atomic E-state index is -0.695. The molecule has 2 amide bonds. The second-order valence-corrected chi connectivity index (χ2v) is 5.69. The van der Waals surface area contributed by atoms with E-state index in [9.17, 15) is 9.59 Å². The van der Waals surface area contributed by atoms with Gasteiger partial charge in [0.05, 0.1) is 14.2 Å². The van der Waals surface area contributed by atoms with Gasteiger partial charge in [-0.15, -0.1) is 12.4 Å². The van der Waals surface area contributed by atoms with Crippen LogP contribution in [-0.2, 0) is 22.6 Å². The van der Waals surface area contributed by atoms with E-state index in [0.29, 0.717) is 24.5 Å². The molecule has 0 unspecified atom stereocenters. The smallest absolute Gasteiger partial charge is 0.309 e. The molecule has 0 radical (unpaired) electrons. The molecule has 8 heteroatoms. The first kappa shape index (κ1) is 22.2. The largest absolute Gasteiger partial charge is 0.497 e. The Morgan fingerprint density at radius 2 is 1.78 bits per heavy atom. The number of amides is 2. The monoisotopic (exact) mass is 393 g/mol. The molecule has 2 aromatic rings. The van der Waals surface area contributed by atoms with E-state index in [1.54, 1.807) is 31.5 Å². The molecule has 0 aliphatic carbocycles.